The highest BCUT2D eigenvalue weighted by molar-refractivity contribution is 6.04. The van der Waals surface area contributed by atoms with E-state index < -0.39 is 53.1 Å². The van der Waals surface area contributed by atoms with Crippen molar-refractivity contribution in [2.75, 3.05) is 33.9 Å². The minimum absolute atomic E-state index is 0.0608. The van der Waals surface area contributed by atoms with Crippen LogP contribution in [0.15, 0.2) is 84.4 Å². The van der Waals surface area contributed by atoms with Crippen molar-refractivity contribution >= 4 is 23.7 Å². The Labute approximate surface area is 364 Å². The molecule has 2 aliphatic heterocycles. The second-order valence-corrected chi connectivity index (χ2v) is 16.9. The number of hydrogen-bond acceptors (Lipinski definition) is 9. The molecule has 4 aromatic carbocycles. The van der Waals surface area contributed by atoms with E-state index in [0.29, 0.717) is 41.5 Å². The summed E-state index contributed by atoms with van der Waals surface area (Å²) < 4.78 is 70.1. The quantitative estimate of drug-likeness (QED) is 0.0981. The van der Waals surface area contributed by atoms with Gasteiger partial charge in [-0.15, -0.1) is 0 Å². The number of rotatable bonds is 14. The Bertz CT molecular complexity index is 2340. The SMILES string of the molecule is COc1cc(CN(C(=O)C2=C(c3ccc(CCCOc4c(F)ccc(F)c4F)cc3)CC3CN(C(=O)Oc4cccc(CO)c4)CC2N3C(=O)OC(C)(C)C)C2CC2)cc(OC)c1. The zero-order valence-electron chi connectivity index (χ0n) is 36.0. The molecule has 2 heterocycles. The predicted octanol–water partition coefficient (Wildman–Crippen LogP) is 8.46. The summed E-state index contributed by atoms with van der Waals surface area (Å²) in [5.74, 6) is -3.25. The molecule has 1 saturated heterocycles. The number of halogens is 3. The van der Waals surface area contributed by atoms with Gasteiger partial charge >= 0.3 is 12.2 Å². The molecule has 3 amide bonds. The van der Waals surface area contributed by atoms with Gasteiger partial charge in [-0.1, -0.05) is 36.4 Å². The second-order valence-electron chi connectivity index (χ2n) is 16.9. The molecule has 2 unspecified atom stereocenters. The first-order valence-electron chi connectivity index (χ1n) is 21.0. The summed E-state index contributed by atoms with van der Waals surface area (Å²) >= 11 is 0. The summed E-state index contributed by atoms with van der Waals surface area (Å²) in [5.41, 5.74) is 3.18. The largest absolute Gasteiger partial charge is 0.497 e. The molecule has 1 saturated carbocycles. The van der Waals surface area contributed by atoms with Gasteiger partial charge in [-0.25, -0.2) is 18.4 Å². The zero-order chi connectivity index (χ0) is 45.0. The molecule has 0 aromatic heterocycles. The first-order chi connectivity index (χ1) is 30.2. The van der Waals surface area contributed by atoms with Crippen molar-refractivity contribution in [3.8, 4) is 23.0 Å². The average Bonchev–Trinajstić information content (AvgIpc) is 4.11. The van der Waals surface area contributed by atoms with Crippen molar-refractivity contribution in [3.05, 3.63) is 124 Å². The average molecular weight is 872 g/mol. The van der Waals surface area contributed by atoms with Crippen LogP contribution in [0, 0.1) is 17.5 Å². The van der Waals surface area contributed by atoms with Crippen LogP contribution >= 0.6 is 0 Å². The van der Waals surface area contributed by atoms with E-state index >= 15 is 4.79 Å². The van der Waals surface area contributed by atoms with Gasteiger partial charge in [0.1, 0.15) is 22.8 Å². The normalized spacial score (nSPS) is 17.3. The Morgan fingerprint density at radius 3 is 2.14 bits per heavy atom. The van der Waals surface area contributed by atoms with E-state index in [1.54, 1.807) is 70.2 Å². The molecule has 1 aliphatic carbocycles. The maximum Gasteiger partial charge on any atom is 0.415 e. The van der Waals surface area contributed by atoms with Crippen LogP contribution in [0.3, 0.4) is 0 Å². The van der Waals surface area contributed by atoms with Crippen LogP contribution in [0.4, 0.5) is 22.8 Å². The van der Waals surface area contributed by atoms with Crippen LogP contribution in [0.2, 0.25) is 0 Å². The maximum absolute atomic E-state index is 15.5. The van der Waals surface area contributed by atoms with Gasteiger partial charge in [0.25, 0.3) is 5.91 Å². The lowest BCUT2D eigenvalue weighted by Gasteiger charge is -2.50. The topological polar surface area (TPSA) is 127 Å². The number of benzene rings is 4. The van der Waals surface area contributed by atoms with E-state index in [9.17, 15) is 27.9 Å². The molecular weight excluding hydrogens is 820 g/mol. The maximum atomic E-state index is 15.5. The molecule has 2 fully saturated rings. The molecule has 15 heteroatoms. The summed E-state index contributed by atoms with van der Waals surface area (Å²) in [6, 6.07) is 19.5. The van der Waals surface area contributed by atoms with Crippen LogP contribution in [-0.2, 0) is 29.1 Å². The number of ether oxygens (including phenoxy) is 5. The van der Waals surface area contributed by atoms with Gasteiger partial charge < -0.3 is 38.6 Å². The molecule has 3 aliphatic rings. The molecule has 7 rings (SSSR count). The molecule has 12 nitrogen and oxygen atoms in total. The highest BCUT2D eigenvalue weighted by atomic mass is 19.2. The minimum Gasteiger partial charge on any atom is -0.497 e. The molecule has 0 spiro atoms. The molecule has 0 radical (unpaired) electrons. The van der Waals surface area contributed by atoms with Gasteiger partial charge in [0.15, 0.2) is 17.4 Å². The van der Waals surface area contributed by atoms with Crippen molar-refractivity contribution in [2.45, 2.75) is 89.8 Å². The van der Waals surface area contributed by atoms with E-state index in [0.717, 1.165) is 41.2 Å². The van der Waals surface area contributed by atoms with Crippen molar-refractivity contribution in [1.29, 1.82) is 0 Å². The second kappa shape index (κ2) is 19.0. The van der Waals surface area contributed by atoms with Crippen LogP contribution in [-0.4, -0.2) is 95.5 Å². The van der Waals surface area contributed by atoms with Crippen LogP contribution in [0.25, 0.3) is 5.57 Å². The predicted molar refractivity (Wildman–Crippen MR) is 227 cm³/mol. The van der Waals surface area contributed by atoms with Gasteiger partial charge in [0, 0.05) is 37.3 Å². The van der Waals surface area contributed by atoms with E-state index in [1.807, 2.05) is 41.3 Å². The van der Waals surface area contributed by atoms with Gasteiger partial charge in [0.05, 0.1) is 39.5 Å². The third kappa shape index (κ3) is 10.5. The summed E-state index contributed by atoms with van der Waals surface area (Å²) in [4.78, 5) is 48.6. The molecule has 334 valence electrons. The molecule has 4 aromatic rings. The van der Waals surface area contributed by atoms with Crippen LogP contribution in [0.5, 0.6) is 23.0 Å². The third-order valence-corrected chi connectivity index (χ3v) is 11.2. The Balaban J connectivity index is 1.24. The fourth-order valence-corrected chi connectivity index (χ4v) is 8.09. The summed E-state index contributed by atoms with van der Waals surface area (Å²) in [6.45, 7) is 5.23. The molecule has 1 N–H and O–H groups in total. The number of piperazine rings is 1. The fraction of sp³-hybridized carbons (Fsp3) is 0.396. The Morgan fingerprint density at radius 1 is 0.810 bits per heavy atom. The van der Waals surface area contributed by atoms with Crippen molar-refractivity contribution < 1.29 is 56.3 Å². The van der Waals surface area contributed by atoms with Crippen LogP contribution < -0.4 is 18.9 Å². The number of carbonyl (C=O) groups excluding carboxylic acids is 3. The van der Waals surface area contributed by atoms with E-state index in [4.69, 9.17) is 23.7 Å². The zero-order valence-corrected chi connectivity index (χ0v) is 36.0. The number of nitrogens with zero attached hydrogens (tertiary/aromatic N) is 3. The van der Waals surface area contributed by atoms with Gasteiger partial charge in [-0.3, -0.25) is 9.69 Å². The molecular formula is C48H52F3N3O9. The Kier molecular flexibility index (Phi) is 13.5. The van der Waals surface area contributed by atoms with Gasteiger partial charge in [0.2, 0.25) is 5.82 Å². The number of carbonyl (C=O) groups is 3. The number of hydrogen-bond donors (Lipinski definition) is 1. The molecule has 2 bridgehead atoms. The Hall–Kier alpha value is -6.22. The first-order valence-corrected chi connectivity index (χ1v) is 21.0. The lowest BCUT2D eigenvalue weighted by Crippen LogP contribution is -2.66. The number of aliphatic hydroxyl groups is 1. The fourth-order valence-electron chi connectivity index (χ4n) is 8.09. The molecule has 2 atom stereocenters. The number of methoxy groups -OCH3 is 2. The highest BCUT2D eigenvalue weighted by Crippen LogP contribution is 2.42. The van der Waals surface area contributed by atoms with Gasteiger partial charge in [-0.05, 0) is 117 Å². The van der Waals surface area contributed by atoms with E-state index in [-0.39, 0.29) is 57.0 Å². The monoisotopic (exact) mass is 871 g/mol. The number of aliphatic hydroxyl groups excluding tert-OH is 1. The van der Waals surface area contributed by atoms with Crippen molar-refractivity contribution in [3.63, 3.8) is 0 Å². The van der Waals surface area contributed by atoms with Crippen molar-refractivity contribution in [2.24, 2.45) is 0 Å². The van der Waals surface area contributed by atoms with E-state index in [2.05, 4.69) is 0 Å². The summed E-state index contributed by atoms with van der Waals surface area (Å²) in [5, 5.41) is 9.68. The smallest absolute Gasteiger partial charge is 0.415 e. The lowest BCUT2D eigenvalue weighted by molar-refractivity contribution is -0.129. The van der Waals surface area contributed by atoms with E-state index in [1.165, 1.54) is 4.90 Å². The third-order valence-electron chi connectivity index (χ3n) is 11.2. The first kappa shape index (κ1) is 44.8. The Morgan fingerprint density at radius 2 is 1.49 bits per heavy atom. The highest BCUT2D eigenvalue weighted by Gasteiger charge is 2.50. The number of amides is 3. The number of fused-ring (bicyclic) bond motifs is 2. The standard InChI is InChI=1S/C48H52F3N3O9/c1-48(2,3)63-47(58)54-34-23-38(32-13-11-29(12-14-32)9-7-19-61-44-40(50)18-17-39(49)43(44)51)42(41(54)27-52(26-34)46(57)62-35-10-6-8-30(20-35)28-55)45(56)53(33-15-16-33)25-31-21-36(59-4)24-37(22-31)60-5/h6,8,10-14,17-18,20-22,24,33-34,41,55H,7,9,15-16,19,23,25-28H2,1-5H3. The minimum atomic E-state index is -1.38. The summed E-state index contributed by atoms with van der Waals surface area (Å²) in [7, 11) is 3.11. The summed E-state index contributed by atoms with van der Waals surface area (Å²) in [6.07, 6.45) is 1.32. The van der Waals surface area contributed by atoms with Crippen LogP contribution in [0.1, 0.15) is 68.7 Å². The molecule has 63 heavy (non-hydrogen) atoms. The van der Waals surface area contributed by atoms with Crippen molar-refractivity contribution in [1.82, 2.24) is 14.7 Å². The lowest BCUT2D eigenvalue weighted by atomic mass is 9.81. The van der Waals surface area contributed by atoms with Gasteiger partial charge in [-0.2, -0.15) is 4.39 Å². The number of aryl methyl sites for hydroxylation is 1.